The monoisotopic (exact) mass is 366 g/mol. The molecule has 0 fully saturated rings. The van der Waals surface area contributed by atoms with E-state index >= 15 is 0 Å². The van der Waals surface area contributed by atoms with E-state index < -0.39 is 0 Å². The third kappa shape index (κ3) is 4.28. The number of aromatic nitrogens is 4. The molecule has 8 nitrogen and oxygen atoms in total. The molecule has 0 spiro atoms. The number of rotatable bonds is 6. The quantitative estimate of drug-likeness (QED) is 0.716. The third-order valence-electron chi connectivity index (χ3n) is 3.98. The average molecular weight is 366 g/mol. The summed E-state index contributed by atoms with van der Waals surface area (Å²) in [5, 5.41) is 10.7. The first-order valence-electron chi connectivity index (χ1n) is 8.67. The minimum atomic E-state index is -0.301. The first kappa shape index (κ1) is 18.5. The molecule has 0 unspecified atom stereocenters. The maximum atomic E-state index is 12.6. The van der Waals surface area contributed by atoms with Crippen LogP contribution in [-0.4, -0.2) is 40.3 Å². The Morgan fingerprint density at radius 2 is 1.89 bits per heavy atom. The molecule has 0 aliphatic rings. The number of hydrogen-bond acceptors (Lipinski definition) is 7. The Morgan fingerprint density at radius 1 is 1.15 bits per heavy atom. The summed E-state index contributed by atoms with van der Waals surface area (Å²) in [6, 6.07) is 11.3. The summed E-state index contributed by atoms with van der Waals surface area (Å²) in [6.45, 7) is 4.23. The average Bonchev–Trinajstić information content (AvgIpc) is 3.15. The first-order valence-corrected chi connectivity index (χ1v) is 8.67. The van der Waals surface area contributed by atoms with Crippen LogP contribution in [-0.2, 0) is 6.54 Å². The Kier molecular flexibility index (Phi) is 5.44. The van der Waals surface area contributed by atoms with Crippen molar-refractivity contribution < 1.29 is 9.42 Å². The van der Waals surface area contributed by atoms with Crippen molar-refractivity contribution >= 4 is 11.9 Å². The molecular weight excluding hydrogens is 344 g/mol. The van der Waals surface area contributed by atoms with Gasteiger partial charge >= 0.3 is 0 Å². The summed E-state index contributed by atoms with van der Waals surface area (Å²) >= 11 is 0. The standard InChI is InChI=1S/C19H22N6O2/c1-12(2)14-10-15(22-19(21-14)25(3)4)18(26)20-11-16-17(24-27-23-16)13-8-6-5-7-9-13/h5-10,12H,11H2,1-4H3,(H,20,26). The van der Waals surface area contributed by atoms with Crippen LogP contribution in [0.2, 0.25) is 0 Å². The SMILES string of the molecule is CC(C)c1cc(C(=O)NCc2nonc2-c2ccccc2)nc(N(C)C)n1. The van der Waals surface area contributed by atoms with E-state index in [1.165, 1.54) is 0 Å². The number of nitrogens with one attached hydrogen (secondary N) is 1. The van der Waals surface area contributed by atoms with Crippen LogP contribution < -0.4 is 10.2 Å². The van der Waals surface area contributed by atoms with Crippen molar-refractivity contribution in [2.45, 2.75) is 26.3 Å². The van der Waals surface area contributed by atoms with E-state index in [1.54, 1.807) is 11.0 Å². The molecule has 3 aromatic rings. The Bertz CT molecular complexity index is 895. The van der Waals surface area contributed by atoms with Crippen molar-refractivity contribution in [3.63, 3.8) is 0 Å². The lowest BCUT2D eigenvalue weighted by Gasteiger charge is -2.14. The van der Waals surface area contributed by atoms with Gasteiger partial charge in [-0.3, -0.25) is 4.79 Å². The molecule has 0 aliphatic carbocycles. The molecule has 2 heterocycles. The van der Waals surface area contributed by atoms with Crippen LogP contribution in [0.25, 0.3) is 11.3 Å². The Hall–Kier alpha value is -3.29. The topological polar surface area (TPSA) is 97.0 Å². The summed E-state index contributed by atoms with van der Waals surface area (Å²) in [7, 11) is 3.68. The molecule has 0 saturated carbocycles. The lowest BCUT2D eigenvalue weighted by Crippen LogP contribution is -2.26. The molecule has 1 N–H and O–H groups in total. The first-order chi connectivity index (χ1) is 13.0. The van der Waals surface area contributed by atoms with E-state index in [4.69, 9.17) is 4.63 Å². The second kappa shape index (κ2) is 7.94. The van der Waals surface area contributed by atoms with E-state index in [-0.39, 0.29) is 18.4 Å². The summed E-state index contributed by atoms with van der Waals surface area (Å²) in [5.41, 5.74) is 3.17. The third-order valence-corrected chi connectivity index (χ3v) is 3.98. The van der Waals surface area contributed by atoms with E-state index in [1.807, 2.05) is 58.3 Å². The molecular formula is C19H22N6O2. The number of carbonyl (C=O) groups excluding carboxylic acids is 1. The summed E-state index contributed by atoms with van der Waals surface area (Å²) in [5.74, 6) is 0.381. The van der Waals surface area contributed by atoms with E-state index in [0.29, 0.717) is 23.0 Å². The van der Waals surface area contributed by atoms with Crippen molar-refractivity contribution in [3.8, 4) is 11.3 Å². The van der Waals surface area contributed by atoms with Crippen molar-refractivity contribution in [1.29, 1.82) is 0 Å². The molecule has 1 amide bonds. The second-order valence-corrected chi connectivity index (χ2v) is 6.64. The number of carbonyl (C=O) groups is 1. The zero-order valence-corrected chi connectivity index (χ0v) is 15.8. The molecule has 1 aromatic carbocycles. The Balaban J connectivity index is 1.78. The van der Waals surface area contributed by atoms with Gasteiger partial charge in [0.25, 0.3) is 5.91 Å². The highest BCUT2D eigenvalue weighted by molar-refractivity contribution is 5.92. The predicted octanol–water partition coefficient (Wildman–Crippen LogP) is 2.65. The summed E-state index contributed by atoms with van der Waals surface area (Å²) < 4.78 is 4.86. The molecule has 0 saturated heterocycles. The molecule has 0 radical (unpaired) electrons. The molecule has 8 heteroatoms. The van der Waals surface area contributed by atoms with Gasteiger partial charge in [0.15, 0.2) is 0 Å². The van der Waals surface area contributed by atoms with Gasteiger partial charge in [0.2, 0.25) is 5.95 Å². The highest BCUT2D eigenvalue weighted by atomic mass is 16.6. The van der Waals surface area contributed by atoms with Crippen LogP contribution in [0.3, 0.4) is 0 Å². The van der Waals surface area contributed by atoms with Gasteiger partial charge in [-0.15, -0.1) is 0 Å². The van der Waals surface area contributed by atoms with Crippen LogP contribution in [0.15, 0.2) is 41.0 Å². The van der Waals surface area contributed by atoms with Crippen molar-refractivity contribution in [1.82, 2.24) is 25.6 Å². The molecule has 140 valence electrons. The van der Waals surface area contributed by atoms with E-state index in [0.717, 1.165) is 11.3 Å². The van der Waals surface area contributed by atoms with Gasteiger partial charge in [-0.05, 0) is 17.1 Å². The van der Waals surface area contributed by atoms with Crippen LogP contribution in [0.1, 0.15) is 41.6 Å². The number of hydrogen-bond donors (Lipinski definition) is 1. The van der Waals surface area contributed by atoms with Crippen LogP contribution in [0.5, 0.6) is 0 Å². The van der Waals surface area contributed by atoms with Crippen molar-refractivity contribution in [2.75, 3.05) is 19.0 Å². The highest BCUT2D eigenvalue weighted by Gasteiger charge is 2.17. The maximum Gasteiger partial charge on any atom is 0.270 e. The second-order valence-electron chi connectivity index (χ2n) is 6.64. The van der Waals surface area contributed by atoms with Crippen LogP contribution in [0.4, 0.5) is 5.95 Å². The maximum absolute atomic E-state index is 12.6. The molecule has 27 heavy (non-hydrogen) atoms. The van der Waals surface area contributed by atoms with Gasteiger partial charge < -0.3 is 10.2 Å². The summed E-state index contributed by atoms with van der Waals surface area (Å²) in [6.07, 6.45) is 0. The van der Waals surface area contributed by atoms with Crippen molar-refractivity contribution in [2.24, 2.45) is 0 Å². The fourth-order valence-corrected chi connectivity index (χ4v) is 2.46. The molecule has 0 atom stereocenters. The van der Waals surface area contributed by atoms with E-state index in [2.05, 4.69) is 25.6 Å². The van der Waals surface area contributed by atoms with Crippen molar-refractivity contribution in [3.05, 3.63) is 53.5 Å². The van der Waals surface area contributed by atoms with Gasteiger partial charge in [0.05, 0.1) is 6.54 Å². The van der Waals surface area contributed by atoms with Gasteiger partial charge in [-0.1, -0.05) is 49.3 Å². The minimum Gasteiger partial charge on any atom is -0.347 e. The molecule has 0 aliphatic heterocycles. The van der Waals surface area contributed by atoms with Gasteiger partial charge in [0.1, 0.15) is 17.1 Å². The lowest BCUT2D eigenvalue weighted by molar-refractivity contribution is 0.0945. The number of nitrogens with zero attached hydrogens (tertiary/aromatic N) is 5. The molecule has 0 bridgehead atoms. The van der Waals surface area contributed by atoms with Crippen LogP contribution >= 0.6 is 0 Å². The zero-order chi connectivity index (χ0) is 19.4. The van der Waals surface area contributed by atoms with E-state index in [9.17, 15) is 4.79 Å². The lowest BCUT2D eigenvalue weighted by atomic mass is 10.1. The number of benzene rings is 1. The largest absolute Gasteiger partial charge is 0.347 e. The Labute approximate surface area is 157 Å². The fraction of sp³-hybridized carbons (Fsp3) is 0.316. The zero-order valence-electron chi connectivity index (χ0n) is 15.8. The fourth-order valence-electron chi connectivity index (χ4n) is 2.46. The number of amides is 1. The van der Waals surface area contributed by atoms with Crippen LogP contribution in [0, 0.1) is 0 Å². The molecule has 3 rings (SSSR count). The minimum absolute atomic E-state index is 0.183. The van der Waals surface area contributed by atoms with Gasteiger partial charge in [0, 0.05) is 25.4 Å². The van der Waals surface area contributed by atoms with Gasteiger partial charge in [-0.2, -0.15) is 0 Å². The highest BCUT2D eigenvalue weighted by Crippen LogP contribution is 2.20. The summed E-state index contributed by atoms with van der Waals surface area (Å²) in [4.78, 5) is 23.2. The van der Waals surface area contributed by atoms with Gasteiger partial charge in [-0.25, -0.2) is 14.6 Å². The smallest absolute Gasteiger partial charge is 0.270 e. The number of anilines is 1. The predicted molar refractivity (Wildman–Crippen MR) is 101 cm³/mol. The Morgan fingerprint density at radius 3 is 2.56 bits per heavy atom. The normalized spacial score (nSPS) is 10.9. The molecule has 2 aromatic heterocycles.